The molecule has 2 heterocycles. The number of aromatic nitrogens is 2. The quantitative estimate of drug-likeness (QED) is 0.809. The number of halogens is 2. The average molecular weight is 284 g/mol. The van der Waals surface area contributed by atoms with Crippen molar-refractivity contribution in [1.29, 1.82) is 0 Å². The van der Waals surface area contributed by atoms with Gasteiger partial charge in [-0.2, -0.15) is 0 Å². The van der Waals surface area contributed by atoms with Crippen LogP contribution >= 0.6 is 24.0 Å². The topological polar surface area (TPSA) is 72.0 Å². The second-order valence-corrected chi connectivity index (χ2v) is 5.90. The Morgan fingerprint density at radius 2 is 2.19 bits per heavy atom. The Morgan fingerprint density at radius 3 is 2.75 bits per heavy atom. The summed E-state index contributed by atoms with van der Waals surface area (Å²) in [6, 6.07) is 1.29. The van der Waals surface area contributed by atoms with Crippen LogP contribution in [0.2, 0.25) is 5.15 Å². The van der Waals surface area contributed by atoms with Crippen molar-refractivity contribution in [2.45, 2.75) is 16.7 Å². The molecule has 0 bridgehead atoms. The monoisotopic (exact) mass is 283 g/mol. The van der Waals surface area contributed by atoms with Crippen molar-refractivity contribution in [3.63, 3.8) is 0 Å². The van der Waals surface area contributed by atoms with Crippen molar-refractivity contribution in [3.8, 4) is 0 Å². The first kappa shape index (κ1) is 13.6. The fourth-order valence-corrected chi connectivity index (χ4v) is 3.33. The Kier molecular flexibility index (Phi) is 4.49. The van der Waals surface area contributed by atoms with Gasteiger partial charge in [-0.15, -0.1) is 12.4 Å². The molecule has 16 heavy (non-hydrogen) atoms. The molecule has 1 fully saturated rings. The Balaban J connectivity index is 0.00000128. The summed E-state index contributed by atoms with van der Waals surface area (Å²) in [6.07, 6.45) is 1.78. The molecular weight excluding hydrogens is 273 g/mol. The largest absolute Gasteiger partial charge is 0.315 e. The molecule has 1 aliphatic rings. The summed E-state index contributed by atoms with van der Waals surface area (Å²) in [5.74, 6) is 0. The second-order valence-electron chi connectivity index (χ2n) is 3.34. The van der Waals surface area contributed by atoms with E-state index in [1.165, 1.54) is 6.07 Å². The molecule has 0 spiro atoms. The predicted molar refractivity (Wildman–Crippen MR) is 62.8 cm³/mol. The van der Waals surface area contributed by atoms with E-state index in [0.717, 1.165) is 12.9 Å². The van der Waals surface area contributed by atoms with E-state index in [1.54, 1.807) is 0 Å². The molecule has 0 aliphatic carbocycles. The Bertz CT molecular complexity index is 460. The average Bonchev–Trinajstić information content (AvgIpc) is 2.71. The normalized spacial score (nSPS) is 20.4. The highest BCUT2D eigenvalue weighted by Gasteiger charge is 2.31. The predicted octanol–water partition coefficient (Wildman–Crippen LogP) is 0.687. The highest BCUT2D eigenvalue weighted by atomic mass is 35.5. The summed E-state index contributed by atoms with van der Waals surface area (Å²) in [7, 11) is -3.36. The summed E-state index contributed by atoms with van der Waals surface area (Å²) >= 11 is 5.63. The maximum atomic E-state index is 12.0. The molecule has 0 amide bonds. The van der Waals surface area contributed by atoms with Gasteiger partial charge in [-0.1, -0.05) is 11.6 Å². The molecule has 90 valence electrons. The van der Waals surface area contributed by atoms with E-state index in [-0.39, 0.29) is 22.6 Å². The third kappa shape index (κ3) is 2.63. The molecule has 1 aromatic rings. The van der Waals surface area contributed by atoms with E-state index < -0.39 is 15.1 Å². The van der Waals surface area contributed by atoms with Crippen LogP contribution in [0, 0.1) is 0 Å². The SMILES string of the molecule is Cl.O=S(=O)(c1cc(Cl)ncn1)C1CCNC1. The van der Waals surface area contributed by atoms with Crippen LogP contribution in [0.25, 0.3) is 0 Å². The van der Waals surface area contributed by atoms with Crippen LogP contribution in [0.5, 0.6) is 0 Å². The van der Waals surface area contributed by atoms with Gasteiger partial charge in [0.25, 0.3) is 0 Å². The van der Waals surface area contributed by atoms with Crippen LogP contribution in [-0.4, -0.2) is 36.7 Å². The molecule has 1 aromatic heterocycles. The minimum atomic E-state index is -3.36. The first-order chi connectivity index (χ1) is 7.10. The van der Waals surface area contributed by atoms with Gasteiger partial charge in [-0.25, -0.2) is 18.4 Å². The van der Waals surface area contributed by atoms with Crippen molar-refractivity contribution in [3.05, 3.63) is 17.5 Å². The van der Waals surface area contributed by atoms with Crippen molar-refractivity contribution < 1.29 is 8.42 Å². The zero-order chi connectivity index (χ0) is 10.9. The maximum Gasteiger partial charge on any atom is 0.199 e. The van der Waals surface area contributed by atoms with Crippen LogP contribution in [0.4, 0.5) is 0 Å². The highest BCUT2D eigenvalue weighted by Crippen LogP contribution is 2.19. The van der Waals surface area contributed by atoms with Gasteiger partial charge in [0.05, 0.1) is 5.25 Å². The Morgan fingerprint density at radius 1 is 1.44 bits per heavy atom. The van der Waals surface area contributed by atoms with E-state index in [2.05, 4.69) is 15.3 Å². The molecule has 5 nitrogen and oxygen atoms in total. The molecule has 1 unspecified atom stereocenters. The van der Waals surface area contributed by atoms with E-state index in [0.29, 0.717) is 13.0 Å². The smallest absolute Gasteiger partial charge is 0.199 e. The molecular formula is C8H11Cl2N3O2S. The second kappa shape index (κ2) is 5.27. The van der Waals surface area contributed by atoms with Gasteiger partial charge in [0.15, 0.2) is 14.9 Å². The zero-order valence-electron chi connectivity index (χ0n) is 8.26. The zero-order valence-corrected chi connectivity index (χ0v) is 10.6. The third-order valence-corrected chi connectivity index (χ3v) is 4.65. The van der Waals surface area contributed by atoms with Gasteiger partial charge >= 0.3 is 0 Å². The fourth-order valence-electron chi connectivity index (χ4n) is 1.54. The minimum absolute atomic E-state index is 0. The summed E-state index contributed by atoms with van der Waals surface area (Å²) in [5, 5.41) is 2.77. The first-order valence-electron chi connectivity index (χ1n) is 4.53. The van der Waals surface area contributed by atoms with E-state index in [4.69, 9.17) is 11.6 Å². The molecule has 8 heteroatoms. The number of hydrogen-bond donors (Lipinski definition) is 1. The molecule has 0 saturated carbocycles. The van der Waals surface area contributed by atoms with Crippen LogP contribution in [0.1, 0.15) is 6.42 Å². The maximum absolute atomic E-state index is 12.0. The van der Waals surface area contributed by atoms with Crippen LogP contribution in [0.3, 0.4) is 0 Å². The summed E-state index contributed by atoms with van der Waals surface area (Å²) in [4.78, 5) is 7.40. The molecule has 1 atom stereocenters. The van der Waals surface area contributed by atoms with Gasteiger partial charge < -0.3 is 5.32 Å². The van der Waals surface area contributed by atoms with Crippen molar-refractivity contribution in [2.75, 3.05) is 13.1 Å². The number of rotatable bonds is 2. The Hall–Kier alpha value is -0.430. The van der Waals surface area contributed by atoms with Crippen molar-refractivity contribution >= 4 is 33.8 Å². The lowest BCUT2D eigenvalue weighted by molar-refractivity contribution is 0.578. The number of hydrogen-bond acceptors (Lipinski definition) is 5. The lowest BCUT2D eigenvalue weighted by atomic mass is 10.4. The van der Waals surface area contributed by atoms with Crippen LogP contribution in [0.15, 0.2) is 17.4 Å². The lowest BCUT2D eigenvalue weighted by Gasteiger charge is -2.08. The highest BCUT2D eigenvalue weighted by molar-refractivity contribution is 7.92. The Labute approximate surface area is 105 Å². The number of nitrogens with one attached hydrogen (secondary N) is 1. The van der Waals surface area contributed by atoms with Gasteiger partial charge in [0.1, 0.15) is 11.5 Å². The van der Waals surface area contributed by atoms with Crippen LogP contribution < -0.4 is 5.32 Å². The van der Waals surface area contributed by atoms with Crippen molar-refractivity contribution in [2.24, 2.45) is 0 Å². The van der Waals surface area contributed by atoms with Gasteiger partial charge in [0.2, 0.25) is 0 Å². The van der Waals surface area contributed by atoms with Gasteiger partial charge in [-0.05, 0) is 13.0 Å². The minimum Gasteiger partial charge on any atom is -0.315 e. The summed E-state index contributed by atoms with van der Waals surface area (Å²) in [5.41, 5.74) is 0. The van der Waals surface area contributed by atoms with Gasteiger partial charge in [-0.3, -0.25) is 0 Å². The molecule has 0 radical (unpaired) electrons. The van der Waals surface area contributed by atoms with Crippen molar-refractivity contribution in [1.82, 2.24) is 15.3 Å². The lowest BCUT2D eigenvalue weighted by Crippen LogP contribution is -2.24. The molecule has 1 aliphatic heterocycles. The van der Waals surface area contributed by atoms with E-state index >= 15 is 0 Å². The van der Waals surface area contributed by atoms with Gasteiger partial charge in [0, 0.05) is 12.6 Å². The number of nitrogens with zero attached hydrogens (tertiary/aromatic N) is 2. The van der Waals surface area contributed by atoms with E-state index in [9.17, 15) is 8.42 Å². The van der Waals surface area contributed by atoms with Crippen LogP contribution in [-0.2, 0) is 9.84 Å². The number of sulfone groups is 1. The first-order valence-corrected chi connectivity index (χ1v) is 6.45. The molecule has 2 rings (SSSR count). The molecule has 1 N–H and O–H groups in total. The molecule has 0 aromatic carbocycles. The summed E-state index contributed by atoms with van der Waals surface area (Å²) in [6.45, 7) is 1.20. The van der Waals surface area contributed by atoms with E-state index in [1.807, 2.05) is 0 Å². The fraction of sp³-hybridized carbons (Fsp3) is 0.500. The summed E-state index contributed by atoms with van der Waals surface area (Å²) < 4.78 is 24.0. The third-order valence-electron chi connectivity index (χ3n) is 2.35. The standard InChI is InChI=1S/C8H10ClN3O2S.ClH/c9-7-3-8(12-5-11-7)15(13,14)6-1-2-10-4-6;/h3,5-6,10H,1-2,4H2;1H. The molecule has 1 saturated heterocycles.